The van der Waals surface area contributed by atoms with Crippen molar-refractivity contribution >= 4 is 5.91 Å². The molecule has 1 fully saturated rings. The maximum Gasteiger partial charge on any atom is 0.273 e. The average molecular weight is 369 g/mol. The standard InChI is InChI=1S/C20H27N5O2/c1-14-4-6-15(7-5-14)19-21-20(27)17(22-23-19)8-9-18(26)25(3)16-10-12-24(2)13-11-16/h4-7,16H,8-13H2,1-3H3,(H,21,23,27). The zero-order valence-corrected chi connectivity index (χ0v) is 16.2. The first-order chi connectivity index (χ1) is 12.9. The van der Waals surface area contributed by atoms with E-state index < -0.39 is 0 Å². The number of carbonyl (C=O) groups excluding carboxylic acids is 1. The van der Waals surface area contributed by atoms with E-state index in [0.717, 1.165) is 37.1 Å². The molecule has 0 radical (unpaired) electrons. The van der Waals surface area contributed by atoms with Crippen LogP contribution in [-0.4, -0.2) is 64.1 Å². The maximum absolute atomic E-state index is 12.5. The summed E-state index contributed by atoms with van der Waals surface area (Å²) in [6, 6.07) is 7.99. The minimum absolute atomic E-state index is 0.0494. The lowest BCUT2D eigenvalue weighted by atomic mass is 10.0. The van der Waals surface area contributed by atoms with Gasteiger partial charge >= 0.3 is 0 Å². The molecule has 1 aromatic carbocycles. The smallest absolute Gasteiger partial charge is 0.273 e. The van der Waals surface area contributed by atoms with Crippen molar-refractivity contribution in [1.82, 2.24) is 25.0 Å². The van der Waals surface area contributed by atoms with Crippen LogP contribution in [0.3, 0.4) is 0 Å². The molecule has 3 rings (SSSR count). The van der Waals surface area contributed by atoms with Crippen LogP contribution < -0.4 is 5.56 Å². The molecule has 0 saturated carbocycles. The summed E-state index contributed by atoms with van der Waals surface area (Å²) >= 11 is 0. The van der Waals surface area contributed by atoms with Gasteiger partial charge in [-0.15, -0.1) is 10.2 Å². The third kappa shape index (κ3) is 4.80. The lowest BCUT2D eigenvalue weighted by Crippen LogP contribution is -2.44. The molecule has 7 nitrogen and oxygen atoms in total. The van der Waals surface area contributed by atoms with Crippen LogP contribution in [0.2, 0.25) is 0 Å². The molecule has 2 aromatic rings. The highest BCUT2D eigenvalue weighted by molar-refractivity contribution is 5.76. The molecule has 144 valence electrons. The molecule has 1 amide bonds. The van der Waals surface area contributed by atoms with Gasteiger partial charge in [0, 0.05) is 31.5 Å². The van der Waals surface area contributed by atoms with Crippen molar-refractivity contribution in [3.05, 3.63) is 45.9 Å². The second-order valence-corrected chi connectivity index (χ2v) is 7.35. The summed E-state index contributed by atoms with van der Waals surface area (Å²) in [4.78, 5) is 31.7. The molecule has 0 atom stereocenters. The Labute approximate surface area is 159 Å². The molecule has 7 heteroatoms. The lowest BCUT2D eigenvalue weighted by Gasteiger charge is -2.35. The summed E-state index contributed by atoms with van der Waals surface area (Å²) < 4.78 is 0. The highest BCUT2D eigenvalue weighted by Crippen LogP contribution is 2.16. The second kappa shape index (κ2) is 8.43. The number of hydrogen-bond donors (Lipinski definition) is 1. The Balaban J connectivity index is 1.60. The van der Waals surface area contributed by atoms with Crippen molar-refractivity contribution in [2.45, 2.75) is 38.6 Å². The maximum atomic E-state index is 12.5. The van der Waals surface area contributed by atoms with Gasteiger partial charge in [-0.25, -0.2) is 0 Å². The molecule has 0 spiro atoms. The molecule has 0 bridgehead atoms. The largest absolute Gasteiger partial charge is 0.343 e. The van der Waals surface area contributed by atoms with E-state index in [1.807, 2.05) is 43.1 Å². The molecule has 1 aliphatic rings. The summed E-state index contributed by atoms with van der Waals surface area (Å²) in [5.74, 6) is 0.492. The molecule has 0 unspecified atom stereocenters. The van der Waals surface area contributed by atoms with Crippen LogP contribution in [0.1, 0.15) is 30.5 Å². The first-order valence-corrected chi connectivity index (χ1v) is 9.41. The number of piperidine rings is 1. The van der Waals surface area contributed by atoms with E-state index in [0.29, 0.717) is 17.9 Å². The van der Waals surface area contributed by atoms with Gasteiger partial charge < -0.3 is 14.8 Å². The Morgan fingerprint density at radius 3 is 2.52 bits per heavy atom. The van der Waals surface area contributed by atoms with Gasteiger partial charge in [-0.05, 0) is 39.9 Å². The molecular weight excluding hydrogens is 342 g/mol. The Morgan fingerprint density at radius 1 is 1.22 bits per heavy atom. The number of rotatable bonds is 5. The van der Waals surface area contributed by atoms with Gasteiger partial charge in [-0.3, -0.25) is 9.59 Å². The van der Waals surface area contributed by atoms with Crippen molar-refractivity contribution in [2.75, 3.05) is 27.2 Å². The Morgan fingerprint density at radius 2 is 1.89 bits per heavy atom. The van der Waals surface area contributed by atoms with Crippen LogP contribution in [-0.2, 0) is 11.2 Å². The summed E-state index contributed by atoms with van der Waals surface area (Å²) in [6.07, 6.45) is 2.55. The fourth-order valence-electron chi connectivity index (χ4n) is 3.35. The van der Waals surface area contributed by atoms with Gasteiger partial charge in [0.15, 0.2) is 5.82 Å². The number of aromatic amines is 1. The molecule has 27 heavy (non-hydrogen) atoms. The van der Waals surface area contributed by atoms with E-state index in [-0.39, 0.29) is 23.9 Å². The number of H-pyrrole nitrogens is 1. The van der Waals surface area contributed by atoms with Crippen molar-refractivity contribution in [3.8, 4) is 11.4 Å². The fraction of sp³-hybridized carbons (Fsp3) is 0.500. The van der Waals surface area contributed by atoms with Crippen molar-refractivity contribution in [3.63, 3.8) is 0 Å². The number of nitrogens with one attached hydrogen (secondary N) is 1. The summed E-state index contributed by atoms with van der Waals surface area (Å²) in [6.45, 7) is 4.02. The quantitative estimate of drug-likeness (QED) is 0.866. The number of aryl methyl sites for hydroxylation is 2. The van der Waals surface area contributed by atoms with Gasteiger partial charge in [-0.2, -0.15) is 0 Å². The van der Waals surface area contributed by atoms with Crippen LogP contribution in [0.15, 0.2) is 29.1 Å². The summed E-state index contributed by atoms with van der Waals surface area (Å²) in [5.41, 5.74) is 1.97. The topological polar surface area (TPSA) is 82.2 Å². The molecule has 2 heterocycles. The third-order valence-electron chi connectivity index (χ3n) is 5.29. The monoisotopic (exact) mass is 369 g/mol. The van der Waals surface area contributed by atoms with Gasteiger partial charge in [-0.1, -0.05) is 29.8 Å². The molecule has 1 N–H and O–H groups in total. The first kappa shape index (κ1) is 19.2. The molecule has 0 aliphatic carbocycles. The van der Waals surface area contributed by atoms with E-state index in [4.69, 9.17) is 0 Å². The second-order valence-electron chi connectivity index (χ2n) is 7.35. The number of hydrogen-bond acceptors (Lipinski definition) is 5. The van der Waals surface area contributed by atoms with Gasteiger partial charge in [0.05, 0.1) is 0 Å². The molecule has 1 saturated heterocycles. The number of amides is 1. The fourth-order valence-corrected chi connectivity index (χ4v) is 3.35. The Hall–Kier alpha value is -2.54. The van der Waals surface area contributed by atoms with Crippen molar-refractivity contribution < 1.29 is 4.79 Å². The predicted molar refractivity (Wildman–Crippen MR) is 104 cm³/mol. The number of benzene rings is 1. The highest BCUT2D eigenvalue weighted by Gasteiger charge is 2.24. The van der Waals surface area contributed by atoms with Crippen LogP contribution in [0.4, 0.5) is 0 Å². The van der Waals surface area contributed by atoms with Crippen LogP contribution in [0.5, 0.6) is 0 Å². The van der Waals surface area contributed by atoms with E-state index in [1.165, 1.54) is 0 Å². The zero-order chi connectivity index (χ0) is 19.4. The molecule has 1 aromatic heterocycles. The predicted octanol–water partition coefficient (Wildman–Crippen LogP) is 1.63. The average Bonchev–Trinajstić information content (AvgIpc) is 2.67. The van der Waals surface area contributed by atoms with Gasteiger partial charge in [0.1, 0.15) is 5.69 Å². The zero-order valence-electron chi connectivity index (χ0n) is 16.2. The summed E-state index contributed by atoms with van der Waals surface area (Å²) in [5, 5.41) is 8.18. The van der Waals surface area contributed by atoms with E-state index in [2.05, 4.69) is 27.1 Å². The number of likely N-dealkylation sites (tertiary alicyclic amines) is 1. The normalized spacial score (nSPS) is 15.7. The number of nitrogens with zero attached hydrogens (tertiary/aromatic N) is 4. The van der Waals surface area contributed by atoms with Crippen LogP contribution in [0, 0.1) is 6.92 Å². The Bertz CT molecular complexity index is 838. The van der Waals surface area contributed by atoms with E-state index >= 15 is 0 Å². The minimum Gasteiger partial charge on any atom is -0.343 e. The highest BCUT2D eigenvalue weighted by atomic mass is 16.2. The first-order valence-electron chi connectivity index (χ1n) is 9.41. The van der Waals surface area contributed by atoms with Gasteiger partial charge in [0.2, 0.25) is 5.91 Å². The summed E-state index contributed by atoms with van der Waals surface area (Å²) in [7, 11) is 3.96. The number of carbonyl (C=O) groups is 1. The SMILES string of the molecule is Cc1ccc(-c2nnc(CCC(=O)N(C)C3CCN(C)CC3)c(=O)[nH]2)cc1. The van der Waals surface area contributed by atoms with E-state index in [9.17, 15) is 9.59 Å². The van der Waals surface area contributed by atoms with Crippen molar-refractivity contribution in [1.29, 1.82) is 0 Å². The lowest BCUT2D eigenvalue weighted by molar-refractivity contribution is -0.132. The Kier molecular flexibility index (Phi) is 6.01. The van der Waals surface area contributed by atoms with Gasteiger partial charge in [0.25, 0.3) is 5.56 Å². The molecule has 1 aliphatic heterocycles. The van der Waals surface area contributed by atoms with Crippen LogP contribution >= 0.6 is 0 Å². The van der Waals surface area contributed by atoms with Crippen LogP contribution in [0.25, 0.3) is 11.4 Å². The minimum atomic E-state index is -0.282. The molecular formula is C20H27N5O2. The number of aromatic nitrogens is 3. The third-order valence-corrected chi connectivity index (χ3v) is 5.29. The van der Waals surface area contributed by atoms with Crippen molar-refractivity contribution in [2.24, 2.45) is 0 Å². The van der Waals surface area contributed by atoms with E-state index in [1.54, 1.807) is 0 Å².